The van der Waals surface area contributed by atoms with Crippen molar-refractivity contribution in [3.05, 3.63) is 65.0 Å². The van der Waals surface area contributed by atoms with E-state index in [0.717, 1.165) is 4.73 Å². The lowest BCUT2D eigenvalue weighted by Gasteiger charge is -2.34. The Morgan fingerprint density at radius 3 is 2.78 bits per heavy atom. The van der Waals surface area contributed by atoms with E-state index >= 15 is 0 Å². The number of rotatable bonds is 6. The summed E-state index contributed by atoms with van der Waals surface area (Å²) < 4.78 is 6.13. The minimum Gasteiger partial charge on any atom is -0.494 e. The van der Waals surface area contributed by atoms with E-state index in [1.54, 1.807) is 31.3 Å². The van der Waals surface area contributed by atoms with Gasteiger partial charge in [0.25, 0.3) is 0 Å². The summed E-state index contributed by atoms with van der Waals surface area (Å²) >= 11 is 0. The number of methoxy groups -OCH3 is 1. The summed E-state index contributed by atoms with van der Waals surface area (Å²) in [5.74, 6) is -0.188. The molecular weight excluding hydrogens is 410 g/mol. The minimum absolute atomic E-state index is 0.0673. The van der Waals surface area contributed by atoms with Crippen molar-refractivity contribution in [1.29, 1.82) is 10.7 Å². The van der Waals surface area contributed by atoms with Gasteiger partial charge >= 0.3 is 11.6 Å². The predicted molar refractivity (Wildman–Crippen MR) is 116 cm³/mol. The largest absolute Gasteiger partial charge is 0.494 e. The summed E-state index contributed by atoms with van der Waals surface area (Å²) in [6, 6.07) is 7.01. The van der Waals surface area contributed by atoms with Crippen molar-refractivity contribution in [2.24, 2.45) is 0 Å². The fraction of sp³-hybridized carbons (Fsp3) is 0.391. The zero-order chi connectivity index (χ0) is 23.3. The van der Waals surface area contributed by atoms with Crippen LogP contribution in [0, 0.1) is 23.7 Å². The molecular formula is C23H28N5O4+. The highest BCUT2D eigenvalue weighted by Gasteiger charge is 2.33. The molecule has 9 heteroatoms. The Morgan fingerprint density at radius 1 is 1.41 bits per heavy atom. The van der Waals surface area contributed by atoms with Gasteiger partial charge < -0.3 is 25.9 Å². The zero-order valence-electron chi connectivity index (χ0n) is 18.2. The molecule has 1 amide bonds. The third-order valence-electron chi connectivity index (χ3n) is 5.81. The molecule has 1 aromatic rings. The van der Waals surface area contributed by atoms with E-state index in [2.05, 4.69) is 10.6 Å². The van der Waals surface area contributed by atoms with Gasteiger partial charge in [0.2, 0.25) is 5.69 Å². The third kappa shape index (κ3) is 5.15. The van der Waals surface area contributed by atoms with Gasteiger partial charge in [0.15, 0.2) is 0 Å². The molecule has 1 fully saturated rings. The van der Waals surface area contributed by atoms with Crippen LogP contribution < -0.4 is 15.4 Å². The number of aryl methyl sites for hydroxylation is 1. The number of hydrogen-bond acceptors (Lipinski definition) is 7. The van der Waals surface area contributed by atoms with E-state index in [1.165, 1.54) is 19.3 Å². The van der Waals surface area contributed by atoms with E-state index in [1.807, 2.05) is 6.07 Å². The average Bonchev–Trinajstić information content (AvgIpc) is 2.76. The number of pyridine rings is 1. The van der Waals surface area contributed by atoms with Crippen molar-refractivity contribution in [2.75, 3.05) is 7.11 Å². The number of nitrogens with one attached hydrogen (secondary N) is 3. The van der Waals surface area contributed by atoms with E-state index in [0.29, 0.717) is 48.4 Å². The van der Waals surface area contributed by atoms with Gasteiger partial charge in [0.1, 0.15) is 5.76 Å². The number of hydrogen-bond donors (Lipinski definition) is 5. The number of allylic oxidation sites excluding steroid dienone is 3. The number of nitrogens with zero attached hydrogens (tertiary/aromatic N) is 2. The van der Waals surface area contributed by atoms with Crippen LogP contribution in [0.15, 0.2) is 53.6 Å². The fourth-order valence-electron chi connectivity index (χ4n) is 3.80. The lowest BCUT2D eigenvalue weighted by Crippen LogP contribution is -2.44. The maximum atomic E-state index is 12.7. The smallest absolute Gasteiger partial charge is 0.325 e. The SMILES string of the molecule is COC1=CC(=N)/C(=C\N[C@H]2CC[C@@](O)(CC#N)CC2)C=C1NC(=O)c1cccc(C)[n+]1O. The lowest BCUT2D eigenvalue weighted by molar-refractivity contribution is -0.909. The van der Waals surface area contributed by atoms with Crippen LogP contribution in [0.5, 0.6) is 0 Å². The molecule has 1 aromatic heterocycles. The molecule has 0 radical (unpaired) electrons. The molecule has 1 heterocycles. The maximum Gasteiger partial charge on any atom is 0.325 e. The Balaban J connectivity index is 1.73. The van der Waals surface area contributed by atoms with Crippen LogP contribution in [-0.2, 0) is 4.74 Å². The molecule has 0 spiro atoms. The Bertz CT molecular complexity index is 1040. The molecule has 3 rings (SSSR count). The van der Waals surface area contributed by atoms with Crippen molar-refractivity contribution < 1.29 is 24.6 Å². The van der Waals surface area contributed by atoms with Gasteiger partial charge in [-0.25, -0.2) is 0 Å². The molecule has 0 aromatic carbocycles. The summed E-state index contributed by atoms with van der Waals surface area (Å²) in [7, 11) is 1.45. The van der Waals surface area contributed by atoms with E-state index < -0.39 is 11.5 Å². The van der Waals surface area contributed by atoms with Gasteiger partial charge in [-0.1, -0.05) is 0 Å². The summed E-state index contributed by atoms with van der Waals surface area (Å²) in [5.41, 5.74) is 0.813. The maximum absolute atomic E-state index is 12.7. The molecule has 0 aliphatic heterocycles. The predicted octanol–water partition coefficient (Wildman–Crippen LogP) is 1.76. The first-order valence-electron chi connectivity index (χ1n) is 10.4. The van der Waals surface area contributed by atoms with Crippen LogP contribution in [0.3, 0.4) is 0 Å². The molecule has 2 aliphatic carbocycles. The molecule has 168 valence electrons. The first-order valence-corrected chi connectivity index (χ1v) is 10.4. The standard InChI is InChI=1S/C23H27N5O4/c1-15-4-3-5-20(28(15)31)22(29)27-19-12-16(18(25)13-21(19)32-2)14-26-17-6-8-23(30,9-7-17)10-11-24/h3-5,12-14,17,25,29-31H,6-10H2,1-2H3/p+1/t17-,23-. The first kappa shape index (κ1) is 23.0. The van der Waals surface area contributed by atoms with Gasteiger partial charge in [0.05, 0.1) is 36.6 Å². The van der Waals surface area contributed by atoms with Crippen LogP contribution in [0.2, 0.25) is 0 Å². The van der Waals surface area contributed by atoms with Crippen LogP contribution in [0.1, 0.15) is 48.3 Å². The fourth-order valence-corrected chi connectivity index (χ4v) is 3.80. The Labute approximate surface area is 186 Å². The molecule has 0 unspecified atom stereocenters. The number of nitriles is 1. The number of carbonyl (C=O) groups excluding carboxylic acids is 1. The first-order chi connectivity index (χ1) is 15.3. The normalized spacial score (nSPS) is 24.2. The topological polar surface area (TPSA) is 142 Å². The van der Waals surface area contributed by atoms with Crippen molar-refractivity contribution in [3.8, 4) is 6.07 Å². The van der Waals surface area contributed by atoms with Gasteiger partial charge in [-0.2, -0.15) is 5.26 Å². The molecule has 0 bridgehead atoms. The summed E-state index contributed by atoms with van der Waals surface area (Å²) in [6.45, 7) is 1.68. The number of aromatic nitrogens is 1. The number of carbonyl (C=O) groups is 1. The quantitative estimate of drug-likeness (QED) is 0.338. The minimum atomic E-state index is -0.912. The highest BCUT2D eigenvalue weighted by atomic mass is 16.5. The molecule has 32 heavy (non-hydrogen) atoms. The second-order valence-electron chi connectivity index (χ2n) is 8.10. The summed E-state index contributed by atoms with van der Waals surface area (Å²) in [5, 5.41) is 43.6. The lowest BCUT2D eigenvalue weighted by atomic mass is 9.80. The number of aliphatic hydroxyl groups is 1. The van der Waals surface area contributed by atoms with Crippen LogP contribution in [-0.4, -0.2) is 40.7 Å². The van der Waals surface area contributed by atoms with Gasteiger partial charge in [-0.15, -0.1) is 0 Å². The van der Waals surface area contributed by atoms with E-state index in [-0.39, 0.29) is 23.9 Å². The number of amides is 1. The van der Waals surface area contributed by atoms with E-state index in [9.17, 15) is 15.1 Å². The monoisotopic (exact) mass is 438 g/mol. The summed E-state index contributed by atoms with van der Waals surface area (Å²) in [4.78, 5) is 12.7. The molecule has 2 aliphatic rings. The average molecular weight is 439 g/mol. The molecule has 5 N–H and O–H groups in total. The van der Waals surface area contributed by atoms with Crippen molar-refractivity contribution in [2.45, 2.75) is 50.7 Å². The molecule has 0 atom stereocenters. The van der Waals surface area contributed by atoms with Crippen LogP contribution >= 0.6 is 0 Å². The van der Waals surface area contributed by atoms with Gasteiger partial charge in [-0.3, -0.25) is 10.0 Å². The highest BCUT2D eigenvalue weighted by Crippen LogP contribution is 2.31. The van der Waals surface area contributed by atoms with Crippen LogP contribution in [0.4, 0.5) is 0 Å². The van der Waals surface area contributed by atoms with Gasteiger partial charge in [0, 0.05) is 47.7 Å². The van der Waals surface area contributed by atoms with Gasteiger partial charge in [-0.05, 0) is 37.8 Å². The van der Waals surface area contributed by atoms with Crippen LogP contribution in [0.25, 0.3) is 0 Å². The third-order valence-corrected chi connectivity index (χ3v) is 5.81. The Kier molecular flexibility index (Phi) is 6.95. The molecule has 1 saturated carbocycles. The highest BCUT2D eigenvalue weighted by molar-refractivity contribution is 6.10. The summed E-state index contributed by atoms with van der Waals surface area (Å²) in [6.07, 6.45) is 7.52. The second-order valence-corrected chi connectivity index (χ2v) is 8.10. The Hall–Kier alpha value is -3.64. The van der Waals surface area contributed by atoms with Crippen molar-refractivity contribution in [1.82, 2.24) is 10.6 Å². The molecule has 9 nitrogen and oxygen atoms in total. The molecule has 0 saturated heterocycles. The Morgan fingerprint density at radius 2 is 2.12 bits per heavy atom. The van der Waals surface area contributed by atoms with Crippen molar-refractivity contribution in [3.63, 3.8) is 0 Å². The zero-order valence-corrected chi connectivity index (χ0v) is 18.2. The van der Waals surface area contributed by atoms with Crippen molar-refractivity contribution >= 4 is 11.6 Å². The van der Waals surface area contributed by atoms with E-state index in [4.69, 9.17) is 15.4 Å². The number of ether oxygens (including phenoxy) is 1. The second kappa shape index (κ2) is 9.66.